The molecular formula is C17H13Cl2N3O2. The summed E-state index contributed by atoms with van der Waals surface area (Å²) in [7, 11) is 1.50. The van der Waals surface area contributed by atoms with E-state index in [2.05, 4.69) is 16.2 Å². The van der Waals surface area contributed by atoms with Gasteiger partial charge in [0.05, 0.1) is 6.54 Å². The van der Waals surface area contributed by atoms with Gasteiger partial charge < -0.3 is 10.2 Å². The molecule has 1 aromatic heterocycles. The molecule has 0 radical (unpaired) electrons. The number of terminal acetylenes is 1. The van der Waals surface area contributed by atoms with Crippen LogP contribution in [0.2, 0.25) is 10.3 Å². The van der Waals surface area contributed by atoms with Gasteiger partial charge in [-0.1, -0.05) is 35.2 Å². The smallest absolute Gasteiger partial charge is 0.254 e. The summed E-state index contributed by atoms with van der Waals surface area (Å²) in [6, 6.07) is 9.65. The van der Waals surface area contributed by atoms with Crippen LogP contribution < -0.4 is 5.32 Å². The molecule has 1 heterocycles. The molecule has 0 saturated carbocycles. The Morgan fingerprint density at radius 3 is 2.54 bits per heavy atom. The Labute approximate surface area is 149 Å². The molecular weight excluding hydrogens is 349 g/mol. The number of carbonyl (C=O) groups excluding carboxylic acids is 2. The fraction of sp³-hybridized carbons (Fsp3) is 0.118. The van der Waals surface area contributed by atoms with E-state index in [0.29, 0.717) is 11.3 Å². The van der Waals surface area contributed by atoms with Gasteiger partial charge in [0.15, 0.2) is 0 Å². The highest BCUT2D eigenvalue weighted by molar-refractivity contribution is 6.33. The van der Waals surface area contributed by atoms with Crippen LogP contribution in [-0.2, 0) is 4.79 Å². The lowest BCUT2D eigenvalue weighted by Gasteiger charge is -2.17. The summed E-state index contributed by atoms with van der Waals surface area (Å²) in [5.41, 5.74) is 1.47. The molecule has 24 heavy (non-hydrogen) atoms. The molecule has 0 saturated heterocycles. The number of amides is 2. The average molecular weight is 362 g/mol. The zero-order chi connectivity index (χ0) is 17.7. The largest absolute Gasteiger partial charge is 0.332 e. The van der Waals surface area contributed by atoms with Gasteiger partial charge in [0.2, 0.25) is 5.91 Å². The van der Waals surface area contributed by atoms with E-state index >= 15 is 0 Å². The van der Waals surface area contributed by atoms with Crippen LogP contribution in [0.3, 0.4) is 0 Å². The second kappa shape index (κ2) is 7.82. The third-order valence-electron chi connectivity index (χ3n) is 3.05. The number of hydrogen-bond acceptors (Lipinski definition) is 3. The maximum Gasteiger partial charge on any atom is 0.254 e. The third kappa shape index (κ3) is 4.72. The van der Waals surface area contributed by atoms with E-state index in [-0.39, 0.29) is 28.3 Å². The summed E-state index contributed by atoms with van der Waals surface area (Å²) in [6.07, 6.45) is 5.32. The van der Waals surface area contributed by atoms with Crippen molar-refractivity contribution in [1.82, 2.24) is 9.88 Å². The first-order chi connectivity index (χ1) is 11.4. The van der Waals surface area contributed by atoms with E-state index < -0.39 is 5.91 Å². The normalized spacial score (nSPS) is 9.92. The summed E-state index contributed by atoms with van der Waals surface area (Å²) in [6.45, 7) is -0.142. The Morgan fingerprint density at radius 1 is 1.25 bits per heavy atom. The molecule has 0 fully saturated rings. The molecule has 2 aromatic rings. The fourth-order valence-electron chi connectivity index (χ4n) is 1.98. The minimum atomic E-state index is -0.395. The van der Waals surface area contributed by atoms with Gasteiger partial charge in [0, 0.05) is 23.9 Å². The number of hydrogen-bond donors (Lipinski definition) is 1. The van der Waals surface area contributed by atoms with Gasteiger partial charge in [-0.25, -0.2) is 4.98 Å². The molecule has 0 unspecified atom stereocenters. The van der Waals surface area contributed by atoms with Crippen LogP contribution in [0.5, 0.6) is 0 Å². The number of aromatic nitrogens is 1. The first-order valence-electron chi connectivity index (χ1n) is 6.84. The van der Waals surface area contributed by atoms with Crippen molar-refractivity contribution >= 4 is 40.7 Å². The Morgan fingerprint density at radius 2 is 1.92 bits per heavy atom. The zero-order valence-corrected chi connectivity index (χ0v) is 14.2. The van der Waals surface area contributed by atoms with Crippen LogP contribution >= 0.6 is 23.2 Å². The molecule has 122 valence electrons. The molecule has 1 aromatic carbocycles. The number of nitrogens with zero attached hydrogens (tertiary/aromatic N) is 2. The molecule has 0 aliphatic carbocycles. The molecule has 5 nitrogen and oxygen atoms in total. The second-order valence-corrected chi connectivity index (χ2v) is 5.71. The summed E-state index contributed by atoms with van der Waals surface area (Å²) in [4.78, 5) is 29.4. The molecule has 0 spiro atoms. The molecule has 1 N–H and O–H groups in total. The zero-order valence-electron chi connectivity index (χ0n) is 12.7. The van der Waals surface area contributed by atoms with Crippen molar-refractivity contribution in [2.45, 2.75) is 0 Å². The van der Waals surface area contributed by atoms with Crippen molar-refractivity contribution < 1.29 is 9.59 Å². The molecule has 2 amide bonds. The molecule has 0 bridgehead atoms. The second-order valence-electron chi connectivity index (χ2n) is 4.94. The number of anilines is 1. The van der Waals surface area contributed by atoms with Gasteiger partial charge >= 0.3 is 0 Å². The van der Waals surface area contributed by atoms with Gasteiger partial charge in [0.25, 0.3) is 5.91 Å². The third-order valence-corrected chi connectivity index (χ3v) is 3.44. The van der Waals surface area contributed by atoms with Gasteiger partial charge in [0.1, 0.15) is 10.3 Å². The van der Waals surface area contributed by atoms with Crippen molar-refractivity contribution in [3.05, 3.63) is 57.8 Å². The van der Waals surface area contributed by atoms with Crippen LogP contribution in [0.25, 0.3) is 0 Å². The first kappa shape index (κ1) is 17.8. The number of rotatable bonds is 4. The van der Waals surface area contributed by atoms with Crippen molar-refractivity contribution in [1.29, 1.82) is 0 Å². The number of pyridine rings is 1. The summed E-state index contributed by atoms with van der Waals surface area (Å²) in [5.74, 6) is 1.73. The lowest BCUT2D eigenvalue weighted by atomic mass is 10.2. The minimum absolute atomic E-state index is 0.106. The highest BCUT2D eigenvalue weighted by Gasteiger charge is 2.16. The van der Waals surface area contributed by atoms with Gasteiger partial charge in [-0.15, -0.1) is 6.42 Å². The van der Waals surface area contributed by atoms with E-state index in [0.717, 1.165) is 0 Å². The number of halogens is 2. The highest BCUT2D eigenvalue weighted by atomic mass is 35.5. The van der Waals surface area contributed by atoms with Gasteiger partial charge in [-0.3, -0.25) is 9.59 Å². The van der Waals surface area contributed by atoms with Crippen LogP contribution in [0.15, 0.2) is 36.4 Å². The minimum Gasteiger partial charge on any atom is -0.332 e. The molecule has 0 aliphatic rings. The molecule has 0 aliphatic heterocycles. The maximum atomic E-state index is 12.3. The van der Waals surface area contributed by atoms with E-state index in [1.807, 2.05) is 0 Å². The number of carbonyl (C=O) groups is 2. The lowest BCUT2D eigenvalue weighted by Crippen LogP contribution is -2.35. The van der Waals surface area contributed by atoms with E-state index in [1.165, 1.54) is 24.1 Å². The first-order valence-corrected chi connectivity index (χ1v) is 7.59. The SMILES string of the molecule is C#Cc1cccc(NC(=O)CN(C)C(=O)c2cc(Cl)nc(Cl)c2)c1. The topological polar surface area (TPSA) is 62.3 Å². The molecule has 0 atom stereocenters. The standard InChI is InChI=1S/C17H13Cl2N3O2/c1-3-11-5-4-6-13(7-11)20-16(23)10-22(2)17(24)12-8-14(18)21-15(19)9-12/h1,4-9H,10H2,2H3,(H,20,23). The Kier molecular flexibility index (Phi) is 5.80. The maximum absolute atomic E-state index is 12.3. The van der Waals surface area contributed by atoms with Crippen molar-refractivity contribution in [2.75, 3.05) is 18.9 Å². The van der Waals surface area contributed by atoms with Crippen LogP contribution in [0.4, 0.5) is 5.69 Å². The van der Waals surface area contributed by atoms with E-state index in [9.17, 15) is 9.59 Å². The highest BCUT2D eigenvalue weighted by Crippen LogP contribution is 2.16. The summed E-state index contributed by atoms with van der Waals surface area (Å²) < 4.78 is 0. The summed E-state index contributed by atoms with van der Waals surface area (Å²) >= 11 is 11.6. The van der Waals surface area contributed by atoms with Gasteiger partial charge in [-0.05, 0) is 30.3 Å². The fourth-order valence-corrected chi connectivity index (χ4v) is 2.44. The predicted molar refractivity (Wildman–Crippen MR) is 94.2 cm³/mol. The van der Waals surface area contributed by atoms with Crippen LogP contribution in [0.1, 0.15) is 15.9 Å². The van der Waals surface area contributed by atoms with Crippen molar-refractivity contribution in [2.24, 2.45) is 0 Å². The number of nitrogens with one attached hydrogen (secondary N) is 1. The number of benzene rings is 1. The predicted octanol–water partition coefficient (Wildman–Crippen LogP) is 3.08. The monoisotopic (exact) mass is 361 g/mol. The molecule has 7 heteroatoms. The van der Waals surface area contributed by atoms with Crippen molar-refractivity contribution in [3.63, 3.8) is 0 Å². The van der Waals surface area contributed by atoms with Gasteiger partial charge in [-0.2, -0.15) is 0 Å². The Balaban J connectivity index is 2.02. The van der Waals surface area contributed by atoms with Crippen LogP contribution in [0, 0.1) is 12.3 Å². The van der Waals surface area contributed by atoms with E-state index in [1.54, 1.807) is 24.3 Å². The number of likely N-dealkylation sites (N-methyl/N-ethyl adjacent to an activating group) is 1. The Bertz CT molecular complexity index is 811. The van der Waals surface area contributed by atoms with Crippen molar-refractivity contribution in [3.8, 4) is 12.3 Å². The molecule has 2 rings (SSSR count). The quantitative estimate of drug-likeness (QED) is 0.672. The summed E-state index contributed by atoms with van der Waals surface area (Å²) in [5, 5.41) is 2.90. The lowest BCUT2D eigenvalue weighted by molar-refractivity contribution is -0.116. The average Bonchev–Trinajstić information content (AvgIpc) is 2.53. The Hall–Kier alpha value is -2.55. The van der Waals surface area contributed by atoms with Crippen LogP contribution in [-0.4, -0.2) is 35.3 Å². The van der Waals surface area contributed by atoms with E-state index in [4.69, 9.17) is 29.6 Å².